The molecule has 0 spiro atoms. The van der Waals surface area contributed by atoms with Crippen LogP contribution >= 0.6 is 0 Å². The lowest BCUT2D eigenvalue weighted by Crippen LogP contribution is -2.31. The van der Waals surface area contributed by atoms with Gasteiger partial charge in [0.2, 0.25) is 5.43 Å². The van der Waals surface area contributed by atoms with Crippen molar-refractivity contribution >= 4 is 5.91 Å². The Bertz CT molecular complexity index is 1010. The monoisotopic (exact) mass is 363 g/mol. The molecule has 0 radical (unpaired) electrons. The minimum absolute atomic E-state index is 0.117. The number of fused-ring (bicyclic) bond motifs is 1. The SMILES string of the molecule is Cc1cc(=O)c(C(=O)NCc2cn3c(n2)CCCC3)nn1-c1ccccc1. The second-order valence-electron chi connectivity index (χ2n) is 6.73. The standard InChI is InChI=1S/C20H21N5O2/c1-14-11-17(26)19(23-25(14)16-7-3-2-4-8-16)20(27)21-12-15-13-24-10-6-5-9-18(24)22-15/h2-4,7-8,11,13H,5-6,9-10,12H2,1H3,(H,21,27). The van der Waals surface area contributed by atoms with Crippen LogP contribution < -0.4 is 10.7 Å². The van der Waals surface area contributed by atoms with Crippen molar-refractivity contribution in [2.24, 2.45) is 0 Å². The minimum Gasteiger partial charge on any atom is -0.345 e. The normalized spacial score (nSPS) is 13.2. The number of benzene rings is 1. The summed E-state index contributed by atoms with van der Waals surface area (Å²) in [5, 5.41) is 7.06. The first-order valence-electron chi connectivity index (χ1n) is 9.11. The first-order valence-corrected chi connectivity index (χ1v) is 9.11. The molecule has 1 aliphatic heterocycles. The Kier molecular flexibility index (Phi) is 4.58. The lowest BCUT2D eigenvalue weighted by molar-refractivity contribution is 0.0942. The Hall–Kier alpha value is -3.22. The highest BCUT2D eigenvalue weighted by atomic mass is 16.2. The molecule has 0 fully saturated rings. The van der Waals surface area contributed by atoms with Crippen LogP contribution in [0.15, 0.2) is 47.4 Å². The summed E-state index contributed by atoms with van der Waals surface area (Å²) >= 11 is 0. The van der Waals surface area contributed by atoms with Crippen LogP contribution in [-0.2, 0) is 19.5 Å². The van der Waals surface area contributed by atoms with E-state index in [2.05, 4.69) is 20.0 Å². The molecule has 0 saturated heterocycles. The van der Waals surface area contributed by atoms with E-state index in [0.717, 1.165) is 43.0 Å². The zero-order valence-electron chi connectivity index (χ0n) is 15.2. The quantitative estimate of drug-likeness (QED) is 0.769. The zero-order valence-corrected chi connectivity index (χ0v) is 15.2. The molecule has 7 heteroatoms. The largest absolute Gasteiger partial charge is 0.345 e. The molecule has 1 N–H and O–H groups in total. The summed E-state index contributed by atoms with van der Waals surface area (Å²) in [5.74, 6) is 0.570. The Labute approximate surface area is 156 Å². The van der Waals surface area contributed by atoms with Crippen molar-refractivity contribution in [3.63, 3.8) is 0 Å². The molecule has 3 aromatic rings. The second kappa shape index (κ2) is 7.19. The van der Waals surface area contributed by atoms with Gasteiger partial charge in [0.25, 0.3) is 5.91 Å². The van der Waals surface area contributed by atoms with E-state index in [1.165, 1.54) is 6.07 Å². The summed E-state index contributed by atoms with van der Waals surface area (Å²) in [5.41, 5.74) is 1.76. The average molecular weight is 363 g/mol. The number of nitrogens with zero attached hydrogens (tertiary/aromatic N) is 4. The molecule has 0 bridgehead atoms. The lowest BCUT2D eigenvalue weighted by Gasteiger charge is -2.11. The fourth-order valence-corrected chi connectivity index (χ4v) is 3.35. The van der Waals surface area contributed by atoms with Crippen molar-refractivity contribution < 1.29 is 4.79 Å². The first kappa shape index (κ1) is 17.2. The van der Waals surface area contributed by atoms with Crippen molar-refractivity contribution in [1.29, 1.82) is 0 Å². The van der Waals surface area contributed by atoms with Crippen LogP contribution in [-0.4, -0.2) is 25.2 Å². The Morgan fingerprint density at radius 2 is 2.04 bits per heavy atom. The minimum atomic E-state index is -0.490. The molecule has 138 valence electrons. The number of rotatable bonds is 4. The number of nitrogens with one attached hydrogen (secondary N) is 1. The molecule has 0 unspecified atom stereocenters. The highest BCUT2D eigenvalue weighted by Gasteiger charge is 2.17. The van der Waals surface area contributed by atoms with E-state index < -0.39 is 5.91 Å². The second-order valence-corrected chi connectivity index (χ2v) is 6.73. The number of para-hydroxylation sites is 1. The summed E-state index contributed by atoms with van der Waals surface area (Å²) in [6.07, 6.45) is 5.24. The maximum absolute atomic E-state index is 12.6. The third kappa shape index (κ3) is 3.53. The van der Waals surface area contributed by atoms with Gasteiger partial charge in [-0.25, -0.2) is 9.67 Å². The van der Waals surface area contributed by atoms with Gasteiger partial charge in [-0.05, 0) is 31.9 Å². The Morgan fingerprint density at radius 3 is 2.81 bits per heavy atom. The molecule has 0 atom stereocenters. The van der Waals surface area contributed by atoms with Crippen molar-refractivity contribution in [2.75, 3.05) is 0 Å². The Morgan fingerprint density at radius 1 is 1.22 bits per heavy atom. The summed E-state index contributed by atoms with van der Waals surface area (Å²) < 4.78 is 3.74. The van der Waals surface area contributed by atoms with Crippen molar-refractivity contribution in [3.8, 4) is 5.69 Å². The predicted molar refractivity (Wildman–Crippen MR) is 101 cm³/mol. The van der Waals surface area contributed by atoms with Crippen molar-refractivity contribution in [3.05, 3.63) is 75.7 Å². The average Bonchev–Trinajstić information content (AvgIpc) is 3.10. The van der Waals surface area contributed by atoms with E-state index in [0.29, 0.717) is 5.69 Å². The van der Waals surface area contributed by atoms with Gasteiger partial charge in [-0.3, -0.25) is 9.59 Å². The summed E-state index contributed by atoms with van der Waals surface area (Å²) in [6.45, 7) is 3.04. The maximum atomic E-state index is 12.6. The molecule has 3 heterocycles. The molecule has 4 rings (SSSR count). The summed E-state index contributed by atoms with van der Waals surface area (Å²) in [4.78, 5) is 29.4. The van der Waals surface area contributed by atoms with Crippen LogP contribution in [0.4, 0.5) is 0 Å². The molecular weight excluding hydrogens is 342 g/mol. The van der Waals surface area contributed by atoms with E-state index in [1.54, 1.807) is 11.6 Å². The summed E-state index contributed by atoms with van der Waals surface area (Å²) in [7, 11) is 0. The molecule has 0 saturated carbocycles. The third-order valence-electron chi connectivity index (χ3n) is 4.71. The molecule has 1 aliphatic rings. The van der Waals surface area contributed by atoms with E-state index in [4.69, 9.17) is 0 Å². The van der Waals surface area contributed by atoms with Gasteiger partial charge in [-0.2, -0.15) is 5.10 Å². The van der Waals surface area contributed by atoms with Gasteiger partial charge >= 0.3 is 0 Å². The number of aromatic nitrogens is 4. The van der Waals surface area contributed by atoms with Gasteiger partial charge in [0.15, 0.2) is 5.69 Å². The molecule has 1 amide bonds. The third-order valence-corrected chi connectivity index (χ3v) is 4.71. The molecule has 7 nitrogen and oxygen atoms in total. The number of carbonyl (C=O) groups excluding carboxylic acids is 1. The molecule has 2 aromatic heterocycles. The van der Waals surface area contributed by atoms with Gasteiger partial charge in [-0.15, -0.1) is 0 Å². The van der Waals surface area contributed by atoms with Crippen LogP contribution in [0.1, 0.15) is 40.5 Å². The maximum Gasteiger partial charge on any atom is 0.276 e. The lowest BCUT2D eigenvalue weighted by atomic mass is 10.2. The van der Waals surface area contributed by atoms with Crippen LogP contribution in [0.25, 0.3) is 5.69 Å². The van der Waals surface area contributed by atoms with Crippen molar-refractivity contribution in [1.82, 2.24) is 24.6 Å². The topological polar surface area (TPSA) is 81.8 Å². The highest BCUT2D eigenvalue weighted by molar-refractivity contribution is 5.91. The number of hydrogen-bond donors (Lipinski definition) is 1. The zero-order chi connectivity index (χ0) is 18.8. The number of imidazole rings is 1. The molecular formula is C20H21N5O2. The van der Waals surface area contributed by atoms with E-state index in [1.807, 2.05) is 36.5 Å². The fraction of sp³-hybridized carbons (Fsp3) is 0.300. The van der Waals surface area contributed by atoms with E-state index >= 15 is 0 Å². The first-order chi connectivity index (χ1) is 13.1. The van der Waals surface area contributed by atoms with Crippen LogP contribution in [0, 0.1) is 6.92 Å². The van der Waals surface area contributed by atoms with Crippen LogP contribution in [0.3, 0.4) is 0 Å². The highest BCUT2D eigenvalue weighted by Crippen LogP contribution is 2.14. The van der Waals surface area contributed by atoms with Crippen molar-refractivity contribution in [2.45, 2.75) is 39.3 Å². The number of amides is 1. The van der Waals surface area contributed by atoms with Crippen LogP contribution in [0.5, 0.6) is 0 Å². The number of carbonyl (C=O) groups is 1. The van der Waals surface area contributed by atoms with Gasteiger partial charge in [0, 0.05) is 30.9 Å². The molecule has 27 heavy (non-hydrogen) atoms. The van der Waals surface area contributed by atoms with Crippen LogP contribution in [0.2, 0.25) is 0 Å². The van der Waals surface area contributed by atoms with Gasteiger partial charge in [-0.1, -0.05) is 18.2 Å². The van der Waals surface area contributed by atoms with Gasteiger partial charge < -0.3 is 9.88 Å². The van der Waals surface area contributed by atoms with Gasteiger partial charge in [0.1, 0.15) is 5.82 Å². The molecule has 1 aromatic carbocycles. The Balaban J connectivity index is 1.55. The predicted octanol–water partition coefficient (Wildman–Crippen LogP) is 2.00. The fourth-order valence-electron chi connectivity index (χ4n) is 3.35. The summed E-state index contributed by atoms with van der Waals surface area (Å²) in [6, 6.07) is 10.9. The number of hydrogen-bond acceptors (Lipinski definition) is 4. The van der Waals surface area contributed by atoms with E-state index in [9.17, 15) is 9.59 Å². The van der Waals surface area contributed by atoms with Gasteiger partial charge in [0.05, 0.1) is 17.9 Å². The smallest absolute Gasteiger partial charge is 0.276 e. The number of aryl methyl sites for hydroxylation is 3. The molecule has 0 aliphatic carbocycles. The van der Waals surface area contributed by atoms with E-state index in [-0.39, 0.29) is 17.7 Å².